The van der Waals surface area contributed by atoms with Gasteiger partial charge in [0.2, 0.25) is 5.82 Å². The van der Waals surface area contributed by atoms with Crippen molar-refractivity contribution in [1.29, 1.82) is 0 Å². The molecule has 14 heteroatoms. The molecule has 6 N–H and O–H groups in total. The van der Waals surface area contributed by atoms with Gasteiger partial charge in [-0.15, -0.1) is 0 Å². The number of nitrogens with two attached hydrogens (primary N) is 1. The first kappa shape index (κ1) is 23.2. The quantitative estimate of drug-likeness (QED) is 0.299. The van der Waals surface area contributed by atoms with Crippen molar-refractivity contribution in [2.75, 3.05) is 31.9 Å². The fraction of sp³-hybridized carbons (Fsp3) is 0.571. The van der Waals surface area contributed by atoms with Gasteiger partial charge in [0, 0.05) is 31.7 Å². The Bertz CT molecular complexity index is 1220. The van der Waals surface area contributed by atoms with Crippen LogP contribution in [0.5, 0.6) is 0 Å². The average molecular weight is 486 g/mol. The number of aliphatic hydroxyl groups excluding tert-OH is 2. The number of hydrogen-bond acceptors (Lipinski definition) is 10. The van der Waals surface area contributed by atoms with Crippen LogP contribution in [0, 0.1) is 11.8 Å². The van der Waals surface area contributed by atoms with Gasteiger partial charge in [0.25, 0.3) is 5.91 Å². The van der Waals surface area contributed by atoms with Crippen molar-refractivity contribution in [1.82, 2.24) is 34.6 Å². The normalized spacial score (nSPS) is 30.0. The number of carbonyl (C=O) groups is 2. The summed E-state index contributed by atoms with van der Waals surface area (Å²) in [5.74, 6) is 5.60. The monoisotopic (exact) mass is 486 g/mol. The Hall–Kier alpha value is -3.51. The molecule has 5 rings (SSSR count). The molecule has 0 radical (unpaired) electrons. The molecule has 0 saturated carbocycles. The molecular formula is C21H26N8O6. The summed E-state index contributed by atoms with van der Waals surface area (Å²) in [4.78, 5) is 39.8. The minimum atomic E-state index is -1.43. The second-order valence-electron chi connectivity index (χ2n) is 8.79. The maximum absolute atomic E-state index is 12.2. The first-order valence-electron chi connectivity index (χ1n) is 11.3. The largest absolute Gasteiger partial charge is 0.465 e. The summed E-state index contributed by atoms with van der Waals surface area (Å²) in [6.07, 6.45) is -3.94. The molecule has 0 spiro atoms. The van der Waals surface area contributed by atoms with E-state index in [1.54, 1.807) is 6.92 Å². The Morgan fingerprint density at radius 2 is 2.06 bits per heavy atom. The van der Waals surface area contributed by atoms with Gasteiger partial charge < -0.3 is 36.0 Å². The van der Waals surface area contributed by atoms with Gasteiger partial charge in [0.05, 0.1) is 12.9 Å². The number of nitrogens with one attached hydrogen (secondary N) is 1. The lowest BCUT2D eigenvalue weighted by Crippen LogP contribution is -2.48. The molecule has 2 aromatic heterocycles. The van der Waals surface area contributed by atoms with Gasteiger partial charge in [-0.1, -0.05) is 5.92 Å². The highest BCUT2D eigenvalue weighted by atomic mass is 16.6. The third-order valence-corrected chi connectivity index (χ3v) is 6.65. The number of likely N-dealkylation sites (N-methyl/N-ethyl adjacent to an activating group) is 1. The lowest BCUT2D eigenvalue weighted by molar-refractivity contribution is -0.137. The molecule has 14 nitrogen and oxygen atoms in total. The van der Waals surface area contributed by atoms with Crippen LogP contribution in [-0.2, 0) is 9.53 Å². The number of piperazine rings is 1. The fourth-order valence-corrected chi connectivity index (χ4v) is 4.96. The SMILES string of the molecule is CCNC(=O)C1OC(n2cnc3c(N)nc(C#CCN4CC5CC4CN5C(=O)O)nc32)C(O)C1O. The van der Waals surface area contributed by atoms with Crippen molar-refractivity contribution in [3.63, 3.8) is 0 Å². The molecule has 3 aliphatic rings. The lowest BCUT2D eigenvalue weighted by atomic mass is 10.1. The van der Waals surface area contributed by atoms with E-state index < -0.39 is 36.5 Å². The predicted octanol–water partition coefficient (Wildman–Crippen LogP) is -2.05. The molecule has 0 aromatic carbocycles. The maximum atomic E-state index is 12.2. The second kappa shape index (κ2) is 8.93. The Labute approximate surface area is 199 Å². The number of nitrogen functional groups attached to an aromatic ring is 1. The van der Waals surface area contributed by atoms with Gasteiger partial charge >= 0.3 is 6.09 Å². The standard InChI is InChI=1S/C21H26N8O6/c1-2-23-19(32)16-14(30)15(31)20(35-16)29-9-24-13-17(22)25-12(26-18(13)29)4-3-5-27-7-11-6-10(27)8-28(11)21(33)34/h9-11,14-16,20,30-31H,2,5-8H2,1H3,(H,23,32)(H,33,34)(H2,22,25,26). The summed E-state index contributed by atoms with van der Waals surface area (Å²) < 4.78 is 7.05. The zero-order valence-corrected chi connectivity index (χ0v) is 18.9. The van der Waals surface area contributed by atoms with E-state index in [1.807, 2.05) is 0 Å². The average Bonchev–Trinajstić information content (AvgIpc) is 3.58. The van der Waals surface area contributed by atoms with E-state index in [9.17, 15) is 24.9 Å². The highest BCUT2D eigenvalue weighted by Crippen LogP contribution is 2.32. The predicted molar refractivity (Wildman–Crippen MR) is 120 cm³/mol. The van der Waals surface area contributed by atoms with Crippen LogP contribution < -0.4 is 11.1 Å². The van der Waals surface area contributed by atoms with Gasteiger partial charge in [-0.3, -0.25) is 14.3 Å². The third kappa shape index (κ3) is 4.02. The molecule has 2 amide bonds. The van der Waals surface area contributed by atoms with E-state index in [0.717, 1.165) is 6.42 Å². The molecule has 3 fully saturated rings. The van der Waals surface area contributed by atoms with Crippen LogP contribution in [0.25, 0.3) is 11.2 Å². The van der Waals surface area contributed by atoms with Gasteiger partial charge in [0.1, 0.15) is 17.7 Å². The van der Waals surface area contributed by atoms with Crippen LogP contribution in [-0.4, -0.2) is 113 Å². The highest BCUT2D eigenvalue weighted by molar-refractivity contribution is 5.83. The molecule has 6 atom stereocenters. The lowest BCUT2D eigenvalue weighted by Gasteiger charge is -2.31. The third-order valence-electron chi connectivity index (χ3n) is 6.65. The van der Waals surface area contributed by atoms with Crippen LogP contribution in [0.3, 0.4) is 0 Å². The summed E-state index contributed by atoms with van der Waals surface area (Å²) in [5.41, 5.74) is 6.56. The number of carboxylic acid groups (broad SMARTS) is 1. The number of hydrogen-bond donors (Lipinski definition) is 5. The zero-order chi connectivity index (χ0) is 24.9. The smallest absolute Gasteiger partial charge is 0.407 e. The molecule has 3 saturated heterocycles. The number of imidazole rings is 1. The number of ether oxygens (including phenoxy) is 1. The Kier molecular flexibility index (Phi) is 5.93. The van der Waals surface area contributed by atoms with Crippen molar-refractivity contribution < 1.29 is 29.6 Å². The van der Waals surface area contributed by atoms with Crippen molar-refractivity contribution in [3.8, 4) is 11.8 Å². The summed E-state index contributed by atoms with van der Waals surface area (Å²) in [6, 6.07) is 0.138. The molecule has 35 heavy (non-hydrogen) atoms. The molecular weight excluding hydrogens is 460 g/mol. The topological polar surface area (TPSA) is 192 Å². The van der Waals surface area contributed by atoms with E-state index in [0.29, 0.717) is 26.2 Å². The van der Waals surface area contributed by atoms with E-state index in [2.05, 4.69) is 37.0 Å². The number of fused-ring (bicyclic) bond motifs is 3. The Balaban J connectivity index is 1.34. The molecule has 2 aromatic rings. The minimum absolute atomic E-state index is 0.00619. The van der Waals surface area contributed by atoms with Gasteiger partial charge in [-0.2, -0.15) is 0 Å². The van der Waals surface area contributed by atoms with Crippen LogP contribution in [0.15, 0.2) is 6.33 Å². The second-order valence-corrected chi connectivity index (χ2v) is 8.79. The number of nitrogens with zero attached hydrogens (tertiary/aromatic N) is 6. The van der Waals surface area contributed by atoms with Gasteiger partial charge in [-0.25, -0.2) is 19.7 Å². The number of amides is 2. The maximum Gasteiger partial charge on any atom is 0.407 e. The number of carbonyl (C=O) groups excluding carboxylic acids is 1. The summed E-state index contributed by atoms with van der Waals surface area (Å²) >= 11 is 0. The molecule has 5 heterocycles. The number of rotatable bonds is 4. The number of anilines is 1. The minimum Gasteiger partial charge on any atom is -0.465 e. The summed E-state index contributed by atoms with van der Waals surface area (Å²) in [6.45, 7) is 3.62. The van der Waals surface area contributed by atoms with Crippen molar-refractivity contribution in [2.24, 2.45) is 0 Å². The number of likely N-dealkylation sites (tertiary alicyclic amines) is 2. The van der Waals surface area contributed by atoms with Crippen LogP contribution >= 0.6 is 0 Å². The van der Waals surface area contributed by atoms with Crippen LogP contribution in [0.4, 0.5) is 10.6 Å². The Morgan fingerprint density at radius 3 is 2.74 bits per heavy atom. The van der Waals surface area contributed by atoms with Crippen molar-refractivity contribution in [3.05, 3.63) is 12.2 Å². The first-order valence-corrected chi connectivity index (χ1v) is 11.3. The van der Waals surface area contributed by atoms with E-state index >= 15 is 0 Å². The molecule has 2 bridgehead atoms. The van der Waals surface area contributed by atoms with E-state index in [1.165, 1.54) is 15.8 Å². The zero-order valence-electron chi connectivity index (χ0n) is 18.9. The van der Waals surface area contributed by atoms with Gasteiger partial charge in [-0.05, 0) is 19.3 Å². The highest BCUT2D eigenvalue weighted by Gasteiger charge is 2.48. The first-order chi connectivity index (χ1) is 16.8. The molecule has 0 aliphatic carbocycles. The van der Waals surface area contributed by atoms with E-state index in [-0.39, 0.29) is 34.9 Å². The van der Waals surface area contributed by atoms with Crippen LogP contribution in [0.2, 0.25) is 0 Å². The van der Waals surface area contributed by atoms with E-state index in [4.69, 9.17) is 10.5 Å². The molecule has 6 unspecified atom stereocenters. The summed E-state index contributed by atoms with van der Waals surface area (Å²) in [7, 11) is 0. The molecule has 186 valence electrons. The fourth-order valence-electron chi connectivity index (χ4n) is 4.96. The number of aromatic nitrogens is 4. The van der Waals surface area contributed by atoms with Crippen LogP contribution in [0.1, 0.15) is 25.4 Å². The summed E-state index contributed by atoms with van der Waals surface area (Å²) in [5, 5.41) is 32.6. The Morgan fingerprint density at radius 1 is 1.26 bits per heavy atom. The van der Waals surface area contributed by atoms with Gasteiger partial charge in [0.15, 0.2) is 23.8 Å². The van der Waals surface area contributed by atoms with Crippen molar-refractivity contribution in [2.45, 2.75) is 50.0 Å². The number of aliphatic hydroxyl groups is 2. The molecule has 3 aliphatic heterocycles. The van der Waals surface area contributed by atoms with Crippen molar-refractivity contribution >= 4 is 29.0 Å².